The molecule has 1 saturated heterocycles. The van der Waals surface area contributed by atoms with Crippen molar-refractivity contribution >= 4 is 23.6 Å². The lowest BCUT2D eigenvalue weighted by Crippen LogP contribution is -2.49. The van der Waals surface area contributed by atoms with Crippen molar-refractivity contribution < 1.29 is 14.7 Å². The largest absolute Gasteiger partial charge is 0.481 e. The molecule has 2 rings (SSSR count). The van der Waals surface area contributed by atoms with Gasteiger partial charge >= 0.3 is 5.97 Å². The molecule has 1 amide bonds. The molecule has 1 aliphatic heterocycles. The van der Waals surface area contributed by atoms with Crippen molar-refractivity contribution in [1.82, 2.24) is 13.6 Å². The Balaban J connectivity index is 2.16. The first-order chi connectivity index (χ1) is 8.59. The van der Waals surface area contributed by atoms with Gasteiger partial charge < -0.3 is 10.0 Å². The van der Waals surface area contributed by atoms with Crippen LogP contribution in [0.15, 0.2) is 6.20 Å². The number of hydrogen-bond donors (Lipinski definition) is 1. The lowest BCUT2D eigenvalue weighted by atomic mass is 9.77. The van der Waals surface area contributed by atoms with Crippen molar-refractivity contribution in [2.24, 2.45) is 5.41 Å². The Hall–Kier alpha value is -1.50. The second kappa shape index (κ2) is 5.01. The highest BCUT2D eigenvalue weighted by molar-refractivity contribution is 6.99. The van der Waals surface area contributed by atoms with Gasteiger partial charge in [-0.1, -0.05) is 6.92 Å². The number of carbonyl (C=O) groups is 2. The van der Waals surface area contributed by atoms with Gasteiger partial charge in [0.15, 0.2) is 5.69 Å². The Labute approximate surface area is 109 Å². The molecular weight excluding hydrogens is 254 g/mol. The minimum Gasteiger partial charge on any atom is -0.481 e. The lowest BCUT2D eigenvalue weighted by molar-refractivity contribution is -0.152. The topological polar surface area (TPSA) is 83.4 Å². The van der Waals surface area contributed by atoms with Crippen LogP contribution in [0.1, 0.15) is 36.7 Å². The Bertz CT molecular complexity index is 448. The van der Waals surface area contributed by atoms with Gasteiger partial charge in [-0.15, -0.1) is 0 Å². The van der Waals surface area contributed by atoms with Gasteiger partial charge in [0.1, 0.15) is 0 Å². The van der Waals surface area contributed by atoms with Crippen LogP contribution in [0.2, 0.25) is 0 Å². The maximum atomic E-state index is 12.1. The van der Waals surface area contributed by atoms with E-state index < -0.39 is 11.4 Å². The Morgan fingerprint density at radius 3 is 2.94 bits per heavy atom. The highest BCUT2D eigenvalue weighted by Crippen LogP contribution is 2.34. The third kappa shape index (κ3) is 2.22. The molecule has 0 bridgehead atoms. The first-order valence-corrected chi connectivity index (χ1v) is 6.62. The number of carbonyl (C=O) groups excluding carboxylic acids is 1. The molecule has 0 aromatic carbocycles. The van der Waals surface area contributed by atoms with Crippen molar-refractivity contribution in [1.29, 1.82) is 0 Å². The van der Waals surface area contributed by atoms with Gasteiger partial charge in [0.2, 0.25) is 0 Å². The molecule has 1 fully saturated rings. The van der Waals surface area contributed by atoms with E-state index in [0.717, 1.165) is 11.7 Å². The molecule has 1 unspecified atom stereocenters. The van der Waals surface area contributed by atoms with Gasteiger partial charge in [0, 0.05) is 13.1 Å². The summed E-state index contributed by atoms with van der Waals surface area (Å²) in [6.07, 6.45) is 3.29. The maximum absolute atomic E-state index is 12.1. The molecule has 1 N–H and O–H groups in total. The summed E-state index contributed by atoms with van der Waals surface area (Å²) in [6.45, 7) is 2.70. The number of piperidine rings is 1. The zero-order valence-corrected chi connectivity index (χ0v) is 10.9. The van der Waals surface area contributed by atoms with Crippen LogP contribution in [0.5, 0.6) is 0 Å². The number of rotatable bonds is 3. The van der Waals surface area contributed by atoms with E-state index in [0.29, 0.717) is 31.5 Å². The number of carboxylic acids is 1. The fourth-order valence-electron chi connectivity index (χ4n) is 2.34. The number of amides is 1. The molecule has 1 atom stereocenters. The first kappa shape index (κ1) is 12.9. The smallest absolute Gasteiger partial charge is 0.311 e. The molecule has 2 heterocycles. The molecule has 1 aromatic rings. The highest BCUT2D eigenvalue weighted by Gasteiger charge is 2.42. The predicted molar refractivity (Wildman–Crippen MR) is 65.4 cm³/mol. The van der Waals surface area contributed by atoms with Crippen LogP contribution in [0.3, 0.4) is 0 Å². The minimum absolute atomic E-state index is 0.220. The SMILES string of the molecule is CCC1(C(=O)O)CCCN(C(=O)c2cnsn2)C1. The van der Waals surface area contributed by atoms with Gasteiger partial charge in [0.05, 0.1) is 23.3 Å². The van der Waals surface area contributed by atoms with Crippen LogP contribution in [0.4, 0.5) is 0 Å². The third-order valence-electron chi connectivity index (χ3n) is 3.57. The number of aromatic nitrogens is 2. The molecule has 0 spiro atoms. The fraction of sp³-hybridized carbons (Fsp3) is 0.636. The van der Waals surface area contributed by atoms with Crippen LogP contribution < -0.4 is 0 Å². The second-order valence-corrected chi connectivity index (χ2v) is 5.12. The van der Waals surface area contributed by atoms with Crippen LogP contribution >= 0.6 is 11.7 Å². The van der Waals surface area contributed by atoms with Crippen LogP contribution in [0, 0.1) is 5.41 Å². The van der Waals surface area contributed by atoms with Crippen molar-refractivity contribution in [2.45, 2.75) is 26.2 Å². The summed E-state index contributed by atoms with van der Waals surface area (Å²) in [7, 11) is 0. The summed E-state index contributed by atoms with van der Waals surface area (Å²) in [6, 6.07) is 0. The quantitative estimate of drug-likeness (QED) is 0.893. The predicted octanol–water partition coefficient (Wildman–Crippen LogP) is 1.26. The van der Waals surface area contributed by atoms with E-state index in [9.17, 15) is 14.7 Å². The van der Waals surface area contributed by atoms with Gasteiger partial charge in [-0.05, 0) is 19.3 Å². The standard InChI is InChI=1S/C11H15N3O3S/c1-2-11(10(16)17)4-3-5-14(7-11)9(15)8-6-12-18-13-8/h6H,2-5,7H2,1H3,(H,16,17). The monoisotopic (exact) mass is 269 g/mol. The van der Waals surface area contributed by atoms with Crippen LogP contribution in [-0.2, 0) is 4.79 Å². The number of hydrogen-bond acceptors (Lipinski definition) is 5. The Kier molecular flexibility index (Phi) is 3.60. The van der Waals surface area contributed by atoms with Gasteiger partial charge in [-0.25, -0.2) is 0 Å². The van der Waals surface area contributed by atoms with Gasteiger partial charge in [-0.3, -0.25) is 9.59 Å². The van der Waals surface area contributed by atoms with Crippen molar-refractivity contribution in [2.75, 3.05) is 13.1 Å². The summed E-state index contributed by atoms with van der Waals surface area (Å²) in [5.74, 6) is -1.04. The van der Waals surface area contributed by atoms with Crippen molar-refractivity contribution in [3.05, 3.63) is 11.9 Å². The summed E-state index contributed by atoms with van der Waals surface area (Å²) in [5, 5.41) is 9.35. The fourth-order valence-corrected chi connectivity index (χ4v) is 2.75. The van der Waals surface area contributed by atoms with E-state index in [4.69, 9.17) is 0 Å². The average molecular weight is 269 g/mol. The molecule has 98 valence electrons. The molecule has 7 heteroatoms. The van der Waals surface area contributed by atoms with Crippen LogP contribution in [0.25, 0.3) is 0 Å². The number of aliphatic carboxylic acids is 1. The molecule has 6 nitrogen and oxygen atoms in total. The second-order valence-electron chi connectivity index (χ2n) is 4.56. The lowest BCUT2D eigenvalue weighted by Gasteiger charge is -2.39. The summed E-state index contributed by atoms with van der Waals surface area (Å²) < 4.78 is 7.70. The highest BCUT2D eigenvalue weighted by atomic mass is 32.1. The van der Waals surface area contributed by atoms with E-state index in [1.165, 1.54) is 6.20 Å². The van der Waals surface area contributed by atoms with E-state index >= 15 is 0 Å². The molecule has 0 radical (unpaired) electrons. The van der Waals surface area contributed by atoms with Crippen molar-refractivity contribution in [3.63, 3.8) is 0 Å². The molecule has 1 aliphatic rings. The number of carboxylic acid groups (broad SMARTS) is 1. The van der Waals surface area contributed by atoms with Gasteiger partial charge in [0.25, 0.3) is 5.91 Å². The zero-order valence-electron chi connectivity index (χ0n) is 10.1. The summed E-state index contributed by atoms with van der Waals surface area (Å²) >= 11 is 0.980. The Morgan fingerprint density at radius 1 is 1.61 bits per heavy atom. The molecule has 0 aliphatic carbocycles. The first-order valence-electron chi connectivity index (χ1n) is 5.89. The Morgan fingerprint density at radius 2 is 2.39 bits per heavy atom. The van der Waals surface area contributed by atoms with E-state index in [1.54, 1.807) is 4.90 Å². The average Bonchev–Trinajstić information content (AvgIpc) is 2.91. The third-order valence-corrected chi connectivity index (χ3v) is 4.05. The molecule has 1 aromatic heterocycles. The van der Waals surface area contributed by atoms with E-state index in [1.807, 2.05) is 6.92 Å². The molecule has 0 saturated carbocycles. The van der Waals surface area contributed by atoms with E-state index in [2.05, 4.69) is 8.75 Å². The number of nitrogens with zero attached hydrogens (tertiary/aromatic N) is 3. The van der Waals surface area contributed by atoms with Gasteiger partial charge in [-0.2, -0.15) is 8.75 Å². The zero-order chi connectivity index (χ0) is 13.2. The van der Waals surface area contributed by atoms with E-state index in [-0.39, 0.29) is 12.5 Å². The van der Waals surface area contributed by atoms with Crippen LogP contribution in [-0.4, -0.2) is 43.7 Å². The number of likely N-dealkylation sites (tertiary alicyclic amines) is 1. The molecule has 18 heavy (non-hydrogen) atoms. The maximum Gasteiger partial charge on any atom is 0.311 e. The summed E-state index contributed by atoms with van der Waals surface area (Å²) in [5.41, 5.74) is -0.505. The summed E-state index contributed by atoms with van der Waals surface area (Å²) in [4.78, 5) is 25.1. The minimum atomic E-state index is -0.820. The van der Waals surface area contributed by atoms with Crippen molar-refractivity contribution in [3.8, 4) is 0 Å². The molecular formula is C11H15N3O3S. The normalized spacial score (nSPS) is 23.9.